The molecular formula is C19H22FN3O2. The number of hydrazine groups is 1. The summed E-state index contributed by atoms with van der Waals surface area (Å²) in [6.45, 7) is 1.54. The van der Waals surface area contributed by atoms with Crippen molar-refractivity contribution in [1.82, 2.24) is 15.8 Å². The summed E-state index contributed by atoms with van der Waals surface area (Å²) in [5.74, 6) is 0.231. The van der Waals surface area contributed by atoms with Crippen LogP contribution in [0.2, 0.25) is 0 Å². The van der Waals surface area contributed by atoms with E-state index in [9.17, 15) is 9.18 Å². The molecule has 1 aromatic heterocycles. The highest BCUT2D eigenvalue weighted by atomic mass is 19.1. The first-order valence-corrected chi connectivity index (χ1v) is 8.78. The lowest BCUT2D eigenvalue weighted by molar-refractivity contribution is 0.0648. The summed E-state index contributed by atoms with van der Waals surface area (Å²) < 4.78 is 18.1. The van der Waals surface area contributed by atoms with Crippen LogP contribution in [-0.2, 0) is 0 Å². The molecule has 3 atom stereocenters. The number of halogens is 1. The topological polar surface area (TPSA) is 57.5 Å². The zero-order valence-corrected chi connectivity index (χ0v) is 14.0. The van der Waals surface area contributed by atoms with Gasteiger partial charge in [0.1, 0.15) is 12.1 Å². The number of benzene rings is 1. The minimum Gasteiger partial charge on any atom is -0.472 e. The Morgan fingerprint density at radius 2 is 2.04 bits per heavy atom. The highest BCUT2D eigenvalue weighted by Crippen LogP contribution is 2.30. The van der Waals surface area contributed by atoms with Crippen LogP contribution in [0.15, 0.2) is 47.3 Å². The fourth-order valence-electron chi connectivity index (χ4n) is 3.90. The van der Waals surface area contributed by atoms with Crippen molar-refractivity contribution in [3.05, 3.63) is 59.8 Å². The third-order valence-electron chi connectivity index (χ3n) is 5.29. The van der Waals surface area contributed by atoms with E-state index in [2.05, 4.69) is 10.9 Å². The number of furan rings is 1. The molecule has 2 aromatic rings. The molecule has 0 bridgehead atoms. The van der Waals surface area contributed by atoms with Crippen LogP contribution in [0.4, 0.5) is 4.39 Å². The summed E-state index contributed by atoms with van der Waals surface area (Å²) in [5.41, 5.74) is 8.40. The number of carbonyl (C=O) groups excluding carboxylic acids is 1. The van der Waals surface area contributed by atoms with Crippen molar-refractivity contribution in [2.45, 2.75) is 31.3 Å². The molecule has 0 saturated carbocycles. The Morgan fingerprint density at radius 1 is 1.20 bits per heavy atom. The summed E-state index contributed by atoms with van der Waals surface area (Å²) in [6, 6.07) is 8.83. The van der Waals surface area contributed by atoms with E-state index in [1.165, 1.54) is 24.7 Å². The highest BCUT2D eigenvalue weighted by Gasteiger charge is 2.35. The average Bonchev–Trinajstić information content (AvgIpc) is 3.34. The Balaban J connectivity index is 1.39. The number of amides is 1. The molecule has 0 aliphatic carbocycles. The third kappa shape index (κ3) is 3.45. The second-order valence-electron chi connectivity index (χ2n) is 6.90. The van der Waals surface area contributed by atoms with Crippen LogP contribution in [0.1, 0.15) is 41.2 Å². The van der Waals surface area contributed by atoms with E-state index < -0.39 is 0 Å². The number of rotatable bonds is 3. The van der Waals surface area contributed by atoms with Crippen molar-refractivity contribution < 1.29 is 13.6 Å². The molecule has 2 aliphatic heterocycles. The number of hydrogen-bond acceptors (Lipinski definition) is 4. The Bertz CT molecular complexity index is 717. The van der Waals surface area contributed by atoms with Gasteiger partial charge in [-0.2, -0.15) is 0 Å². The van der Waals surface area contributed by atoms with E-state index in [0.717, 1.165) is 37.9 Å². The fourth-order valence-corrected chi connectivity index (χ4v) is 3.90. The maximum absolute atomic E-state index is 13.1. The van der Waals surface area contributed by atoms with Crippen molar-refractivity contribution >= 4 is 5.91 Å². The van der Waals surface area contributed by atoms with Gasteiger partial charge in [0.25, 0.3) is 5.91 Å². The molecule has 0 spiro atoms. The first-order valence-electron chi connectivity index (χ1n) is 8.78. The maximum atomic E-state index is 13.1. The van der Waals surface area contributed by atoms with Crippen LogP contribution in [0.25, 0.3) is 0 Å². The monoisotopic (exact) mass is 343 g/mol. The Kier molecular flexibility index (Phi) is 4.55. The first kappa shape index (κ1) is 16.3. The van der Waals surface area contributed by atoms with Crippen molar-refractivity contribution in [1.29, 1.82) is 0 Å². The number of nitrogens with zero attached hydrogens (tertiary/aromatic N) is 1. The van der Waals surface area contributed by atoms with E-state index in [0.29, 0.717) is 17.5 Å². The van der Waals surface area contributed by atoms with Gasteiger partial charge in [-0.3, -0.25) is 15.6 Å². The van der Waals surface area contributed by atoms with Crippen molar-refractivity contribution in [2.24, 2.45) is 5.92 Å². The van der Waals surface area contributed by atoms with Gasteiger partial charge in [0.15, 0.2) is 0 Å². The summed E-state index contributed by atoms with van der Waals surface area (Å²) in [5, 5.41) is 0. The van der Waals surface area contributed by atoms with Crippen LogP contribution in [-0.4, -0.2) is 29.9 Å². The van der Waals surface area contributed by atoms with Gasteiger partial charge >= 0.3 is 0 Å². The lowest BCUT2D eigenvalue weighted by atomic mass is 9.87. The van der Waals surface area contributed by atoms with E-state index >= 15 is 0 Å². The van der Waals surface area contributed by atoms with Crippen molar-refractivity contribution in [3.63, 3.8) is 0 Å². The molecule has 2 fully saturated rings. The zero-order valence-electron chi connectivity index (χ0n) is 14.0. The first-order chi connectivity index (χ1) is 12.2. The average molecular weight is 343 g/mol. The summed E-state index contributed by atoms with van der Waals surface area (Å²) in [4.78, 5) is 14.5. The minimum atomic E-state index is -0.216. The molecule has 2 saturated heterocycles. The molecule has 5 nitrogen and oxygen atoms in total. The second kappa shape index (κ2) is 6.98. The molecule has 0 radical (unpaired) electrons. The molecule has 2 N–H and O–H groups in total. The molecule has 132 valence electrons. The molecule has 3 unspecified atom stereocenters. The molecule has 1 aromatic carbocycles. The summed E-state index contributed by atoms with van der Waals surface area (Å²) in [7, 11) is 0. The lowest BCUT2D eigenvalue weighted by Crippen LogP contribution is -2.47. The Hall–Kier alpha value is -2.18. The summed E-state index contributed by atoms with van der Waals surface area (Å²) >= 11 is 0. The predicted octanol–water partition coefficient (Wildman–Crippen LogP) is 2.88. The normalized spacial score (nSPS) is 26.8. The van der Waals surface area contributed by atoms with E-state index in [4.69, 9.17) is 4.42 Å². The van der Waals surface area contributed by atoms with Gasteiger partial charge in [-0.15, -0.1) is 0 Å². The number of piperidine rings is 1. The van der Waals surface area contributed by atoms with Crippen molar-refractivity contribution in [3.8, 4) is 0 Å². The molecule has 4 rings (SSSR count). The molecule has 1 amide bonds. The second-order valence-corrected chi connectivity index (χ2v) is 6.90. The summed E-state index contributed by atoms with van der Waals surface area (Å²) in [6.07, 6.45) is 6.08. The number of carbonyl (C=O) groups is 1. The smallest absolute Gasteiger partial charge is 0.257 e. The SMILES string of the molecule is O=C(c1ccoc1)N1CCCC(C2CC(c3ccc(F)cc3)NN2)C1. The van der Waals surface area contributed by atoms with Gasteiger partial charge in [-0.25, -0.2) is 4.39 Å². The van der Waals surface area contributed by atoms with Crippen molar-refractivity contribution in [2.75, 3.05) is 13.1 Å². The van der Waals surface area contributed by atoms with Gasteiger partial charge in [0.2, 0.25) is 0 Å². The van der Waals surface area contributed by atoms with Gasteiger partial charge in [0, 0.05) is 25.2 Å². The van der Waals surface area contributed by atoms with Gasteiger partial charge in [-0.05, 0) is 48.9 Å². The van der Waals surface area contributed by atoms with Crippen LogP contribution < -0.4 is 10.9 Å². The highest BCUT2D eigenvalue weighted by molar-refractivity contribution is 5.93. The van der Waals surface area contributed by atoms with E-state index in [1.807, 2.05) is 17.0 Å². The third-order valence-corrected chi connectivity index (χ3v) is 5.29. The predicted molar refractivity (Wildman–Crippen MR) is 91.2 cm³/mol. The maximum Gasteiger partial charge on any atom is 0.257 e. The zero-order chi connectivity index (χ0) is 17.2. The minimum absolute atomic E-state index is 0.0412. The number of likely N-dealkylation sites (tertiary alicyclic amines) is 1. The Labute approximate surface area is 146 Å². The van der Waals surface area contributed by atoms with Gasteiger partial charge < -0.3 is 9.32 Å². The molecule has 3 heterocycles. The van der Waals surface area contributed by atoms with Crippen LogP contribution in [0, 0.1) is 11.7 Å². The number of nitrogens with one attached hydrogen (secondary N) is 2. The van der Waals surface area contributed by atoms with E-state index in [-0.39, 0.29) is 17.8 Å². The van der Waals surface area contributed by atoms with E-state index in [1.54, 1.807) is 6.07 Å². The van der Waals surface area contributed by atoms with Crippen LogP contribution in [0.5, 0.6) is 0 Å². The van der Waals surface area contributed by atoms with Crippen LogP contribution >= 0.6 is 0 Å². The Morgan fingerprint density at radius 3 is 2.80 bits per heavy atom. The quantitative estimate of drug-likeness (QED) is 0.900. The lowest BCUT2D eigenvalue weighted by Gasteiger charge is -2.35. The number of hydrogen-bond donors (Lipinski definition) is 2. The molecule has 6 heteroatoms. The molecular weight excluding hydrogens is 321 g/mol. The van der Waals surface area contributed by atoms with Gasteiger partial charge in [-0.1, -0.05) is 12.1 Å². The van der Waals surface area contributed by atoms with Crippen LogP contribution in [0.3, 0.4) is 0 Å². The molecule has 2 aliphatic rings. The standard InChI is InChI=1S/C19H22FN3O2/c20-16-5-3-13(4-6-16)17-10-18(22-21-17)14-2-1-8-23(11-14)19(24)15-7-9-25-12-15/h3-7,9,12,14,17-18,21-22H,1-2,8,10-11H2. The molecule has 25 heavy (non-hydrogen) atoms. The fraction of sp³-hybridized carbons (Fsp3) is 0.421. The van der Waals surface area contributed by atoms with Gasteiger partial charge in [0.05, 0.1) is 11.8 Å². The largest absolute Gasteiger partial charge is 0.472 e.